The molecule has 0 aliphatic carbocycles. The molecule has 4 rings (SSSR count). The number of halogens is 2. The van der Waals surface area contributed by atoms with Crippen molar-refractivity contribution in [2.45, 2.75) is 22.8 Å². The summed E-state index contributed by atoms with van der Waals surface area (Å²) in [6, 6.07) is 21.7. The van der Waals surface area contributed by atoms with Crippen LogP contribution in [0.4, 0.5) is 0 Å². The van der Waals surface area contributed by atoms with Crippen LogP contribution in [0, 0.1) is 0 Å². The maximum Gasteiger partial charge on any atom is 2.00 e. The first-order valence-corrected chi connectivity index (χ1v) is 12.6. The Kier molecular flexibility index (Phi) is 12.4. The molecule has 2 bridgehead atoms. The van der Waals surface area contributed by atoms with Gasteiger partial charge in [0.25, 0.3) is 0 Å². The van der Waals surface area contributed by atoms with Crippen LogP contribution in [0.2, 0.25) is 0 Å². The van der Waals surface area contributed by atoms with Gasteiger partial charge in [-0.1, -0.05) is 72.3 Å². The molecule has 2 aliphatic heterocycles. The molecule has 2 aromatic carbocycles. The van der Waals surface area contributed by atoms with Crippen molar-refractivity contribution in [2.75, 3.05) is 66.5 Å². The Bertz CT molecular complexity index is 847. The Morgan fingerprint density at radius 1 is 0.765 bits per heavy atom. The average Bonchev–Trinajstić information content (AvgIpc) is 2.82. The van der Waals surface area contributed by atoms with Gasteiger partial charge in [0.15, 0.2) is 0 Å². The molecule has 34 heavy (non-hydrogen) atoms. The van der Waals surface area contributed by atoms with Crippen molar-refractivity contribution in [1.29, 1.82) is 0 Å². The molecule has 0 spiro atoms. The summed E-state index contributed by atoms with van der Waals surface area (Å²) >= 11 is 14.7. The number of nitrogens with zero attached hydrogens (tertiary/aromatic N) is 4. The van der Waals surface area contributed by atoms with E-state index in [1.54, 1.807) is 0 Å². The summed E-state index contributed by atoms with van der Waals surface area (Å²) in [5.41, 5.74) is 2.48. The van der Waals surface area contributed by atoms with Crippen molar-refractivity contribution in [1.82, 2.24) is 19.6 Å². The zero-order valence-corrected chi connectivity index (χ0v) is 24.0. The number of rotatable bonds is 2. The van der Waals surface area contributed by atoms with E-state index in [1.165, 1.54) is 5.56 Å². The first-order valence-electron chi connectivity index (χ1n) is 11.8. The predicted molar refractivity (Wildman–Crippen MR) is 136 cm³/mol. The molecule has 2 aromatic rings. The summed E-state index contributed by atoms with van der Waals surface area (Å²) in [6.07, 6.45) is 1.13. The smallest absolute Gasteiger partial charge is 0.303 e. The topological polar surface area (TPSA) is 13.0 Å². The van der Waals surface area contributed by atoms with Crippen molar-refractivity contribution in [3.8, 4) is 0 Å². The van der Waals surface area contributed by atoms with Gasteiger partial charge in [0.05, 0.1) is 5.38 Å². The molecule has 0 saturated carbocycles. The van der Waals surface area contributed by atoms with Crippen LogP contribution < -0.4 is 0 Å². The second kappa shape index (κ2) is 14.0. The van der Waals surface area contributed by atoms with Crippen LogP contribution in [0.3, 0.4) is 0 Å². The minimum atomic E-state index is -0.748. The summed E-state index contributed by atoms with van der Waals surface area (Å²) in [4.78, 5) is 9.12. The van der Waals surface area contributed by atoms with E-state index in [-0.39, 0.29) is 39.5 Å². The number of alkyl halides is 2. The molecule has 2 aliphatic rings. The first kappa shape index (κ1) is 30.1. The van der Waals surface area contributed by atoms with E-state index in [2.05, 4.69) is 88.3 Å². The Labute approximate surface area is 236 Å². The SMILES string of the molecule is CN1CCN2CCC(c3ccccc3)N(C)CCN(CC2)C(Cl)(c2ccccc2)C(Cl)C1.[Mn+2].[Mn+2]. The van der Waals surface area contributed by atoms with Gasteiger partial charge in [-0.3, -0.25) is 9.80 Å². The molecule has 5 unspecified atom stereocenters. The number of fused-ring (bicyclic) bond motifs is 3. The Hall–Kier alpha value is -0.101. The Morgan fingerprint density at radius 2 is 1.35 bits per heavy atom. The summed E-state index contributed by atoms with van der Waals surface area (Å²) in [5.74, 6) is 0. The van der Waals surface area contributed by atoms with Gasteiger partial charge < -0.3 is 9.80 Å². The zero-order valence-electron chi connectivity index (χ0n) is 20.1. The molecule has 0 amide bonds. The summed E-state index contributed by atoms with van der Waals surface area (Å²) < 4.78 is 0. The van der Waals surface area contributed by atoms with E-state index in [0.717, 1.165) is 64.3 Å². The van der Waals surface area contributed by atoms with Crippen LogP contribution in [0.15, 0.2) is 60.7 Å². The van der Waals surface area contributed by atoms with E-state index in [9.17, 15) is 0 Å². The largest absolute Gasteiger partial charge is 2.00 e. The fourth-order valence-electron chi connectivity index (χ4n) is 5.12. The molecule has 2 fully saturated rings. The summed E-state index contributed by atoms with van der Waals surface area (Å²) in [5, 5.41) is -0.221. The second-order valence-electron chi connectivity index (χ2n) is 9.29. The summed E-state index contributed by atoms with van der Waals surface area (Å²) in [6.45, 7) is 7.62. The van der Waals surface area contributed by atoms with Crippen molar-refractivity contribution in [3.63, 3.8) is 0 Å². The summed E-state index contributed by atoms with van der Waals surface area (Å²) in [7, 11) is 4.41. The van der Waals surface area contributed by atoms with Gasteiger partial charge >= 0.3 is 34.1 Å². The van der Waals surface area contributed by atoms with E-state index < -0.39 is 5.00 Å². The van der Waals surface area contributed by atoms with Crippen molar-refractivity contribution in [3.05, 3.63) is 71.8 Å². The predicted octanol–water partition coefficient (Wildman–Crippen LogP) is 4.31. The normalized spacial score (nSPS) is 31.6. The number of hydrogen-bond donors (Lipinski definition) is 0. The number of likely N-dealkylation sites (N-methyl/N-ethyl adjacent to an activating group) is 2. The van der Waals surface area contributed by atoms with Crippen LogP contribution in [0.5, 0.6) is 0 Å². The van der Waals surface area contributed by atoms with Crippen molar-refractivity contribution < 1.29 is 34.1 Å². The third-order valence-electron chi connectivity index (χ3n) is 7.17. The maximum absolute atomic E-state index is 7.56. The molecule has 4 nitrogen and oxygen atoms in total. The first-order chi connectivity index (χ1) is 15.5. The molecule has 2 saturated heterocycles. The van der Waals surface area contributed by atoms with Crippen LogP contribution in [-0.2, 0) is 39.1 Å². The zero-order chi connectivity index (χ0) is 22.6. The third-order valence-corrected chi connectivity index (χ3v) is 8.45. The van der Waals surface area contributed by atoms with Crippen LogP contribution in [0.1, 0.15) is 23.6 Å². The minimum Gasteiger partial charge on any atom is -0.303 e. The molecular formula is C26H36Cl2Mn2N4+4. The quantitative estimate of drug-likeness (QED) is 0.296. The number of hydrogen-bond acceptors (Lipinski definition) is 4. The van der Waals surface area contributed by atoms with E-state index in [1.807, 2.05) is 6.07 Å². The molecule has 2 heterocycles. The Morgan fingerprint density at radius 3 is 2.03 bits per heavy atom. The van der Waals surface area contributed by atoms with Gasteiger partial charge in [0, 0.05) is 58.4 Å². The van der Waals surface area contributed by atoms with Crippen LogP contribution in [-0.4, -0.2) is 91.4 Å². The average molecular weight is 585 g/mol. The molecular weight excluding hydrogens is 549 g/mol. The van der Waals surface area contributed by atoms with E-state index >= 15 is 0 Å². The molecule has 0 N–H and O–H groups in total. The fourth-order valence-corrected chi connectivity index (χ4v) is 5.99. The van der Waals surface area contributed by atoms with E-state index in [4.69, 9.17) is 23.2 Å². The van der Waals surface area contributed by atoms with Gasteiger partial charge in [-0.2, -0.15) is 0 Å². The molecule has 2 radical (unpaired) electrons. The van der Waals surface area contributed by atoms with Gasteiger partial charge in [0.2, 0.25) is 0 Å². The van der Waals surface area contributed by atoms with Crippen molar-refractivity contribution in [2.24, 2.45) is 0 Å². The molecule has 184 valence electrons. The molecule has 8 heteroatoms. The van der Waals surface area contributed by atoms with Gasteiger partial charge in [-0.15, -0.1) is 11.6 Å². The van der Waals surface area contributed by atoms with Gasteiger partial charge in [-0.25, -0.2) is 0 Å². The van der Waals surface area contributed by atoms with Crippen LogP contribution >= 0.6 is 23.2 Å². The molecule has 5 atom stereocenters. The number of benzene rings is 2. The van der Waals surface area contributed by atoms with E-state index in [0.29, 0.717) is 6.04 Å². The monoisotopic (exact) mass is 584 g/mol. The Balaban J connectivity index is 0.00000204. The standard InChI is InChI=1S/C26H36Cl2N4.2Mn/c1-29-15-17-31-14-13-24(22-9-5-3-6-10-22)30(2)16-19-32(20-18-31)26(28,25(27)21-29)23-11-7-4-8-12-23;;/h3-12,24-25H,13-21H2,1-2H3;;/q;2*+2. The second-order valence-corrected chi connectivity index (χ2v) is 10.4. The minimum absolute atomic E-state index is 0. The van der Waals surface area contributed by atoms with Crippen LogP contribution in [0.25, 0.3) is 0 Å². The fraction of sp³-hybridized carbons (Fsp3) is 0.538. The van der Waals surface area contributed by atoms with Gasteiger partial charge in [-0.05, 0) is 31.6 Å². The third kappa shape index (κ3) is 7.01. The van der Waals surface area contributed by atoms with Crippen molar-refractivity contribution >= 4 is 23.2 Å². The maximum atomic E-state index is 7.56. The molecule has 0 aromatic heterocycles. The van der Waals surface area contributed by atoms with Gasteiger partial charge in [0.1, 0.15) is 5.00 Å².